The zero-order valence-corrected chi connectivity index (χ0v) is 11.9. The second-order valence-electron chi connectivity index (χ2n) is 4.24. The molecule has 1 aromatic carbocycles. The average Bonchev–Trinajstić information content (AvgIpc) is 2.29. The van der Waals surface area contributed by atoms with Gasteiger partial charge in [-0.3, -0.25) is 4.79 Å². The Labute approximate surface area is 111 Å². The summed E-state index contributed by atoms with van der Waals surface area (Å²) in [6.07, 6.45) is 0.834. The molecule has 0 aliphatic heterocycles. The van der Waals surface area contributed by atoms with Gasteiger partial charge in [0, 0.05) is 22.6 Å². The summed E-state index contributed by atoms with van der Waals surface area (Å²) in [5, 5.41) is 0. The number of nitrogens with two attached hydrogens (primary N) is 1. The lowest BCUT2D eigenvalue weighted by molar-refractivity contribution is 0.0705. The minimum atomic E-state index is 0.0703. The van der Waals surface area contributed by atoms with E-state index in [-0.39, 0.29) is 11.9 Å². The number of amides is 1. The lowest BCUT2D eigenvalue weighted by Crippen LogP contribution is -2.38. The van der Waals surface area contributed by atoms with E-state index in [1.54, 1.807) is 0 Å². The van der Waals surface area contributed by atoms with Crippen molar-refractivity contribution in [3.05, 3.63) is 34.3 Å². The highest BCUT2D eigenvalue weighted by atomic mass is 79.9. The van der Waals surface area contributed by atoms with Gasteiger partial charge in [0.2, 0.25) is 0 Å². The molecular formula is C13H19BrN2O. The molecule has 0 unspecified atom stereocenters. The van der Waals surface area contributed by atoms with E-state index in [2.05, 4.69) is 15.9 Å². The third-order valence-electron chi connectivity index (χ3n) is 2.58. The van der Waals surface area contributed by atoms with Gasteiger partial charge < -0.3 is 10.6 Å². The fourth-order valence-electron chi connectivity index (χ4n) is 1.61. The van der Waals surface area contributed by atoms with Crippen LogP contribution < -0.4 is 5.73 Å². The van der Waals surface area contributed by atoms with Crippen LogP contribution in [0.2, 0.25) is 0 Å². The Kier molecular flexibility index (Phi) is 5.65. The summed E-state index contributed by atoms with van der Waals surface area (Å²) in [7, 11) is 0. The van der Waals surface area contributed by atoms with E-state index in [1.807, 2.05) is 43.0 Å². The molecule has 2 N–H and O–H groups in total. The van der Waals surface area contributed by atoms with Crippen LogP contribution in [0.4, 0.5) is 0 Å². The first kappa shape index (κ1) is 14.2. The summed E-state index contributed by atoms with van der Waals surface area (Å²) in [6, 6.07) is 7.63. The molecule has 0 aliphatic rings. The zero-order valence-electron chi connectivity index (χ0n) is 10.3. The van der Waals surface area contributed by atoms with Gasteiger partial charge in [-0.15, -0.1) is 0 Å². The summed E-state index contributed by atoms with van der Waals surface area (Å²) in [4.78, 5) is 14.1. The van der Waals surface area contributed by atoms with Crippen LogP contribution in [0.1, 0.15) is 30.6 Å². The second kappa shape index (κ2) is 6.77. The zero-order chi connectivity index (χ0) is 12.8. The van der Waals surface area contributed by atoms with Crippen molar-refractivity contribution in [3.63, 3.8) is 0 Å². The van der Waals surface area contributed by atoms with Crippen LogP contribution in [0, 0.1) is 0 Å². The molecule has 4 heteroatoms. The Hall–Kier alpha value is -0.870. The predicted octanol–water partition coefficient (Wildman–Crippen LogP) is 2.65. The van der Waals surface area contributed by atoms with E-state index in [0.29, 0.717) is 13.1 Å². The number of hydrogen-bond acceptors (Lipinski definition) is 2. The Morgan fingerprint density at radius 1 is 1.35 bits per heavy atom. The highest BCUT2D eigenvalue weighted by molar-refractivity contribution is 9.10. The maximum atomic E-state index is 12.3. The van der Waals surface area contributed by atoms with Crippen LogP contribution in [-0.2, 0) is 0 Å². The third kappa shape index (κ3) is 4.13. The molecule has 1 aromatic rings. The van der Waals surface area contributed by atoms with Crippen LogP contribution in [-0.4, -0.2) is 29.9 Å². The normalized spacial score (nSPS) is 10.6. The molecule has 0 saturated heterocycles. The molecule has 94 valence electrons. The minimum absolute atomic E-state index is 0.0703. The van der Waals surface area contributed by atoms with Crippen LogP contribution in [0.3, 0.4) is 0 Å². The number of carbonyl (C=O) groups excluding carboxylic acids is 1. The number of nitrogens with zero attached hydrogens (tertiary/aromatic N) is 1. The third-order valence-corrected chi connectivity index (χ3v) is 3.11. The Bertz CT molecular complexity index is 362. The molecular weight excluding hydrogens is 280 g/mol. The summed E-state index contributed by atoms with van der Waals surface area (Å²) in [5.74, 6) is 0.0703. The molecule has 1 rings (SSSR count). The highest BCUT2D eigenvalue weighted by Gasteiger charge is 2.17. The molecule has 3 nitrogen and oxygen atoms in total. The van der Waals surface area contributed by atoms with Crippen LogP contribution in [0.5, 0.6) is 0 Å². The van der Waals surface area contributed by atoms with Crippen molar-refractivity contribution in [1.82, 2.24) is 4.90 Å². The molecule has 0 aliphatic carbocycles. The molecule has 0 atom stereocenters. The molecule has 0 radical (unpaired) electrons. The number of benzene rings is 1. The largest absolute Gasteiger partial charge is 0.336 e. The van der Waals surface area contributed by atoms with Crippen molar-refractivity contribution in [2.45, 2.75) is 26.3 Å². The Morgan fingerprint density at radius 2 is 1.94 bits per heavy atom. The molecule has 17 heavy (non-hydrogen) atoms. The first-order valence-corrected chi connectivity index (χ1v) is 6.62. The van der Waals surface area contributed by atoms with Gasteiger partial charge in [0.05, 0.1) is 0 Å². The quantitative estimate of drug-likeness (QED) is 0.908. The van der Waals surface area contributed by atoms with Crippen molar-refractivity contribution in [2.75, 3.05) is 13.1 Å². The summed E-state index contributed by atoms with van der Waals surface area (Å²) < 4.78 is 0.979. The molecule has 0 aromatic heterocycles. The summed E-state index contributed by atoms with van der Waals surface area (Å²) in [5.41, 5.74) is 6.21. The SMILES string of the molecule is CC(C)N(CCCN)C(=O)c1ccc(Br)cc1. The van der Waals surface area contributed by atoms with E-state index in [4.69, 9.17) is 5.73 Å². The lowest BCUT2D eigenvalue weighted by Gasteiger charge is -2.26. The van der Waals surface area contributed by atoms with Gasteiger partial charge in [0.25, 0.3) is 5.91 Å². The summed E-state index contributed by atoms with van der Waals surface area (Å²) >= 11 is 3.36. The van der Waals surface area contributed by atoms with E-state index < -0.39 is 0 Å². The Balaban J connectivity index is 2.80. The molecule has 0 saturated carbocycles. The van der Waals surface area contributed by atoms with Gasteiger partial charge in [0.1, 0.15) is 0 Å². The van der Waals surface area contributed by atoms with E-state index >= 15 is 0 Å². The van der Waals surface area contributed by atoms with Crippen molar-refractivity contribution in [2.24, 2.45) is 5.73 Å². The van der Waals surface area contributed by atoms with E-state index in [1.165, 1.54) is 0 Å². The van der Waals surface area contributed by atoms with E-state index in [9.17, 15) is 4.79 Å². The van der Waals surface area contributed by atoms with Crippen molar-refractivity contribution < 1.29 is 4.79 Å². The van der Waals surface area contributed by atoms with Gasteiger partial charge in [-0.25, -0.2) is 0 Å². The smallest absolute Gasteiger partial charge is 0.254 e. The predicted molar refractivity (Wildman–Crippen MR) is 74.0 cm³/mol. The molecule has 0 fully saturated rings. The van der Waals surface area contributed by atoms with Gasteiger partial charge in [0.15, 0.2) is 0 Å². The first-order chi connectivity index (χ1) is 8.06. The highest BCUT2D eigenvalue weighted by Crippen LogP contribution is 2.13. The monoisotopic (exact) mass is 298 g/mol. The van der Waals surface area contributed by atoms with Crippen molar-refractivity contribution >= 4 is 21.8 Å². The fraction of sp³-hybridized carbons (Fsp3) is 0.462. The molecule has 0 spiro atoms. The molecule has 0 bridgehead atoms. The minimum Gasteiger partial charge on any atom is -0.336 e. The van der Waals surface area contributed by atoms with Crippen molar-refractivity contribution in [1.29, 1.82) is 0 Å². The second-order valence-corrected chi connectivity index (χ2v) is 5.16. The van der Waals surface area contributed by atoms with Gasteiger partial charge in [-0.05, 0) is 51.1 Å². The average molecular weight is 299 g/mol. The van der Waals surface area contributed by atoms with E-state index in [0.717, 1.165) is 16.5 Å². The number of rotatable bonds is 5. The number of hydrogen-bond donors (Lipinski definition) is 1. The topological polar surface area (TPSA) is 46.3 Å². The van der Waals surface area contributed by atoms with Gasteiger partial charge in [-0.2, -0.15) is 0 Å². The summed E-state index contributed by atoms with van der Waals surface area (Å²) in [6.45, 7) is 5.36. The maximum absolute atomic E-state index is 12.3. The molecule has 1 amide bonds. The fourth-order valence-corrected chi connectivity index (χ4v) is 1.88. The Morgan fingerprint density at radius 3 is 2.41 bits per heavy atom. The van der Waals surface area contributed by atoms with Crippen LogP contribution >= 0.6 is 15.9 Å². The van der Waals surface area contributed by atoms with Gasteiger partial charge >= 0.3 is 0 Å². The standard InChI is InChI=1S/C13H19BrN2O/c1-10(2)16(9-3-8-15)13(17)11-4-6-12(14)7-5-11/h4-7,10H,3,8-9,15H2,1-2H3. The first-order valence-electron chi connectivity index (χ1n) is 5.83. The van der Waals surface area contributed by atoms with Crippen LogP contribution in [0.25, 0.3) is 0 Å². The van der Waals surface area contributed by atoms with Crippen LogP contribution in [0.15, 0.2) is 28.7 Å². The van der Waals surface area contributed by atoms with Crippen molar-refractivity contribution in [3.8, 4) is 0 Å². The lowest BCUT2D eigenvalue weighted by atomic mass is 10.1. The van der Waals surface area contributed by atoms with Gasteiger partial charge in [-0.1, -0.05) is 15.9 Å². The number of halogens is 1. The maximum Gasteiger partial charge on any atom is 0.254 e. The molecule has 0 heterocycles. The number of carbonyl (C=O) groups is 1.